The van der Waals surface area contributed by atoms with Gasteiger partial charge < -0.3 is 15.4 Å². The molecule has 114 valence electrons. The Kier molecular flexibility index (Phi) is 7.66. The van der Waals surface area contributed by atoms with Crippen molar-refractivity contribution in [3.05, 3.63) is 28.8 Å². The monoisotopic (exact) mass is 308 g/mol. The number of nitrogens with one attached hydrogen (secondary N) is 2. The average molecular weight is 309 g/mol. The number of benzene rings is 1. The molecule has 1 atom stereocenters. The smallest absolute Gasteiger partial charge is 0.261 e. The van der Waals surface area contributed by atoms with Crippen LogP contribution in [0.5, 0.6) is 5.75 Å². The summed E-state index contributed by atoms with van der Waals surface area (Å²) in [6.45, 7) is 5.45. The Morgan fingerprint density at radius 1 is 1.52 bits per heavy atom. The second-order valence-electron chi connectivity index (χ2n) is 4.58. The van der Waals surface area contributed by atoms with E-state index in [-0.39, 0.29) is 12.5 Å². The van der Waals surface area contributed by atoms with Crippen molar-refractivity contribution in [2.45, 2.75) is 32.9 Å². The van der Waals surface area contributed by atoms with Crippen LogP contribution in [0.2, 0.25) is 5.02 Å². The van der Waals surface area contributed by atoms with E-state index in [4.69, 9.17) is 22.8 Å². The molecule has 0 aliphatic rings. The van der Waals surface area contributed by atoms with Crippen molar-refractivity contribution in [1.82, 2.24) is 10.6 Å². The Balaban J connectivity index is 2.75. The van der Waals surface area contributed by atoms with Crippen molar-refractivity contribution in [2.24, 2.45) is 0 Å². The first kappa shape index (κ1) is 17.4. The van der Waals surface area contributed by atoms with E-state index in [1.165, 1.54) is 0 Å². The topological polar surface area (TPSA) is 50.4 Å². The van der Waals surface area contributed by atoms with Crippen LogP contribution >= 0.6 is 11.6 Å². The number of halogens is 1. The molecule has 0 bridgehead atoms. The highest BCUT2D eigenvalue weighted by Crippen LogP contribution is 2.27. The Morgan fingerprint density at radius 3 is 2.95 bits per heavy atom. The molecule has 1 unspecified atom stereocenters. The number of amides is 1. The minimum atomic E-state index is -0.637. The van der Waals surface area contributed by atoms with Gasteiger partial charge in [0, 0.05) is 17.1 Å². The third-order valence-corrected chi connectivity index (χ3v) is 3.20. The molecule has 4 nitrogen and oxygen atoms in total. The molecule has 5 heteroatoms. The maximum absolute atomic E-state index is 11.8. The van der Waals surface area contributed by atoms with Crippen LogP contribution in [-0.2, 0) is 11.3 Å². The number of ether oxygens (including phenoxy) is 1. The lowest BCUT2D eigenvalue weighted by Crippen LogP contribution is -2.36. The number of carbonyl (C=O) groups excluding carboxylic acids is 1. The average Bonchev–Trinajstić information content (AvgIpc) is 2.47. The van der Waals surface area contributed by atoms with Gasteiger partial charge in [0.2, 0.25) is 0 Å². The highest BCUT2D eigenvalue weighted by atomic mass is 35.5. The molecule has 1 aromatic rings. The second-order valence-corrected chi connectivity index (χ2v) is 4.98. The Morgan fingerprint density at radius 2 is 2.29 bits per heavy atom. The predicted octanol–water partition coefficient (Wildman–Crippen LogP) is 2.36. The molecule has 0 saturated heterocycles. The standard InChI is InChI=1S/C16H21ClN2O2/c1-4-9-18-11-13-14(17)7-6-8-15(13)21-12(3)16(20)19-10-5-2/h2,6-8,12,18H,4,9-11H2,1,3H3,(H,19,20). The van der Waals surface area contributed by atoms with Crippen LogP contribution in [0, 0.1) is 12.3 Å². The van der Waals surface area contributed by atoms with Gasteiger partial charge in [0.25, 0.3) is 5.91 Å². The minimum absolute atomic E-state index is 0.187. The molecule has 21 heavy (non-hydrogen) atoms. The van der Waals surface area contributed by atoms with E-state index in [1.54, 1.807) is 25.1 Å². The van der Waals surface area contributed by atoms with Crippen LogP contribution in [-0.4, -0.2) is 25.1 Å². The van der Waals surface area contributed by atoms with E-state index in [0.717, 1.165) is 18.5 Å². The van der Waals surface area contributed by atoms with Crippen LogP contribution in [0.4, 0.5) is 0 Å². The zero-order valence-electron chi connectivity index (χ0n) is 12.4. The maximum atomic E-state index is 11.8. The largest absolute Gasteiger partial charge is 0.481 e. The van der Waals surface area contributed by atoms with E-state index in [1.807, 2.05) is 0 Å². The summed E-state index contributed by atoms with van der Waals surface area (Å²) < 4.78 is 5.71. The van der Waals surface area contributed by atoms with Gasteiger partial charge in [-0.1, -0.05) is 30.5 Å². The van der Waals surface area contributed by atoms with E-state index in [2.05, 4.69) is 23.5 Å². The summed E-state index contributed by atoms with van der Waals surface area (Å²) in [7, 11) is 0. The predicted molar refractivity (Wildman–Crippen MR) is 85.4 cm³/mol. The van der Waals surface area contributed by atoms with Crippen LogP contribution in [0.1, 0.15) is 25.8 Å². The number of hydrogen-bond acceptors (Lipinski definition) is 3. The third kappa shape index (κ3) is 5.66. The van der Waals surface area contributed by atoms with Gasteiger partial charge in [-0.25, -0.2) is 0 Å². The van der Waals surface area contributed by atoms with Crippen LogP contribution in [0.25, 0.3) is 0 Å². The lowest BCUT2D eigenvalue weighted by atomic mass is 10.2. The number of hydrogen-bond donors (Lipinski definition) is 2. The van der Waals surface area contributed by atoms with E-state index in [0.29, 0.717) is 17.3 Å². The van der Waals surface area contributed by atoms with E-state index < -0.39 is 6.10 Å². The fraction of sp³-hybridized carbons (Fsp3) is 0.438. The zero-order valence-corrected chi connectivity index (χ0v) is 13.2. The zero-order chi connectivity index (χ0) is 15.7. The van der Waals surface area contributed by atoms with Gasteiger partial charge in [-0.3, -0.25) is 4.79 Å². The molecule has 2 N–H and O–H groups in total. The van der Waals surface area contributed by atoms with Crippen molar-refractivity contribution in [2.75, 3.05) is 13.1 Å². The van der Waals surface area contributed by atoms with Crippen molar-refractivity contribution in [3.8, 4) is 18.1 Å². The summed E-state index contributed by atoms with van der Waals surface area (Å²) in [6, 6.07) is 5.41. The van der Waals surface area contributed by atoms with E-state index in [9.17, 15) is 4.79 Å². The van der Waals surface area contributed by atoms with Crippen LogP contribution < -0.4 is 15.4 Å². The first-order valence-electron chi connectivity index (χ1n) is 6.96. The fourth-order valence-corrected chi connectivity index (χ4v) is 1.97. The number of rotatable bonds is 8. The normalized spacial score (nSPS) is 11.5. The van der Waals surface area contributed by atoms with Crippen molar-refractivity contribution in [3.63, 3.8) is 0 Å². The fourth-order valence-electron chi connectivity index (χ4n) is 1.74. The lowest BCUT2D eigenvalue weighted by Gasteiger charge is -2.18. The molecule has 1 amide bonds. The van der Waals surface area contributed by atoms with Gasteiger partial charge in [-0.05, 0) is 32.0 Å². The molecule has 0 radical (unpaired) electrons. The summed E-state index contributed by atoms with van der Waals surface area (Å²) in [5, 5.41) is 6.49. The summed E-state index contributed by atoms with van der Waals surface area (Å²) in [6.07, 6.45) is 5.51. The molecule has 0 saturated carbocycles. The highest BCUT2D eigenvalue weighted by Gasteiger charge is 2.16. The second kappa shape index (κ2) is 9.28. The van der Waals surface area contributed by atoms with Crippen molar-refractivity contribution >= 4 is 17.5 Å². The molecular formula is C16H21ClN2O2. The Hall–Kier alpha value is -1.70. The number of terminal acetylenes is 1. The summed E-state index contributed by atoms with van der Waals surface area (Å²) >= 11 is 6.21. The third-order valence-electron chi connectivity index (χ3n) is 2.84. The Bertz CT molecular complexity index is 511. The molecule has 0 aliphatic heterocycles. The molecule has 0 fully saturated rings. The van der Waals surface area contributed by atoms with Crippen LogP contribution in [0.3, 0.4) is 0 Å². The molecule has 0 heterocycles. The first-order chi connectivity index (χ1) is 10.1. The van der Waals surface area contributed by atoms with Crippen LogP contribution in [0.15, 0.2) is 18.2 Å². The molecule has 1 rings (SSSR count). The molecule has 0 aliphatic carbocycles. The maximum Gasteiger partial charge on any atom is 0.261 e. The van der Waals surface area contributed by atoms with Gasteiger partial charge >= 0.3 is 0 Å². The summed E-state index contributed by atoms with van der Waals surface area (Å²) in [4.78, 5) is 11.8. The summed E-state index contributed by atoms with van der Waals surface area (Å²) in [5.74, 6) is 2.71. The molecule has 1 aromatic carbocycles. The van der Waals surface area contributed by atoms with Crippen molar-refractivity contribution < 1.29 is 9.53 Å². The van der Waals surface area contributed by atoms with Gasteiger partial charge in [0.15, 0.2) is 6.10 Å². The van der Waals surface area contributed by atoms with Gasteiger partial charge in [0.05, 0.1) is 6.54 Å². The molecular weight excluding hydrogens is 288 g/mol. The Labute approximate surface area is 131 Å². The summed E-state index contributed by atoms with van der Waals surface area (Å²) in [5.41, 5.74) is 0.851. The van der Waals surface area contributed by atoms with E-state index >= 15 is 0 Å². The molecule has 0 aromatic heterocycles. The van der Waals surface area contributed by atoms with Gasteiger partial charge in [-0.2, -0.15) is 0 Å². The minimum Gasteiger partial charge on any atom is -0.481 e. The lowest BCUT2D eigenvalue weighted by molar-refractivity contribution is -0.127. The molecule has 0 spiro atoms. The highest BCUT2D eigenvalue weighted by molar-refractivity contribution is 6.31. The van der Waals surface area contributed by atoms with Gasteiger partial charge in [0.1, 0.15) is 5.75 Å². The SMILES string of the molecule is C#CCNC(=O)C(C)Oc1cccc(Cl)c1CNCCC. The van der Waals surface area contributed by atoms with Crippen molar-refractivity contribution in [1.29, 1.82) is 0 Å². The van der Waals surface area contributed by atoms with Gasteiger partial charge in [-0.15, -0.1) is 6.42 Å². The first-order valence-corrected chi connectivity index (χ1v) is 7.33. The quantitative estimate of drug-likeness (QED) is 0.572. The number of carbonyl (C=O) groups is 1.